The quantitative estimate of drug-likeness (QED) is 0.312. The van der Waals surface area contributed by atoms with Gasteiger partial charge in [0, 0.05) is 38.6 Å². The molecule has 0 unspecified atom stereocenters. The molecular weight excluding hydrogens is 460 g/mol. The molecule has 0 aromatic heterocycles. The van der Waals surface area contributed by atoms with Crippen LogP contribution in [0.5, 0.6) is 0 Å². The molecule has 2 nitrogen and oxygen atoms in total. The van der Waals surface area contributed by atoms with Gasteiger partial charge in [-0.3, -0.25) is 0 Å². The van der Waals surface area contributed by atoms with Gasteiger partial charge in [0.2, 0.25) is 0 Å². The maximum Gasteiger partial charge on any atom is 0.0357 e. The molecule has 0 saturated heterocycles. The maximum atomic E-state index is 2.56. The average molecular weight is 523 g/mol. The topological polar surface area (TPSA) is 6.48 Å². The molecule has 0 aliphatic carbocycles. The van der Waals surface area contributed by atoms with Gasteiger partial charge in [0.15, 0.2) is 0 Å². The van der Waals surface area contributed by atoms with E-state index in [4.69, 9.17) is 0 Å². The van der Waals surface area contributed by atoms with E-state index < -0.39 is 0 Å². The van der Waals surface area contributed by atoms with Crippen LogP contribution in [0.2, 0.25) is 0 Å². The van der Waals surface area contributed by atoms with Gasteiger partial charge >= 0.3 is 0 Å². The minimum atomic E-state index is 1.12. The smallest absolute Gasteiger partial charge is 0.0357 e. The summed E-state index contributed by atoms with van der Waals surface area (Å²) in [6.45, 7) is 4.74. The largest absolute Gasteiger partial charge is 0.373 e. The first kappa shape index (κ1) is 31.1. The van der Waals surface area contributed by atoms with Crippen LogP contribution in [0.15, 0.2) is 47.9 Å². The number of fused-ring (bicyclic) bond motifs is 2. The first-order chi connectivity index (χ1) is 18.9. The Morgan fingerprint density at radius 3 is 0.974 bits per heavy atom. The lowest BCUT2D eigenvalue weighted by Crippen LogP contribution is -2.21. The van der Waals surface area contributed by atoms with Crippen molar-refractivity contribution >= 4 is 0 Å². The first-order valence-electron chi connectivity index (χ1n) is 17.1. The number of nitrogens with zero attached hydrogens (tertiary/aromatic N) is 2. The van der Waals surface area contributed by atoms with Crippen LogP contribution in [-0.2, 0) is 0 Å². The molecule has 0 radical (unpaired) electrons. The van der Waals surface area contributed by atoms with Crippen LogP contribution < -0.4 is 0 Å². The zero-order valence-corrected chi connectivity index (χ0v) is 25.2. The first-order valence-corrected chi connectivity index (χ1v) is 17.1. The van der Waals surface area contributed by atoms with Crippen LogP contribution in [0, 0.1) is 0 Å². The number of hydrogen-bond donors (Lipinski definition) is 0. The van der Waals surface area contributed by atoms with E-state index in [2.05, 4.69) is 46.5 Å². The van der Waals surface area contributed by atoms with Crippen molar-refractivity contribution in [1.82, 2.24) is 9.80 Å². The summed E-state index contributed by atoms with van der Waals surface area (Å²) in [5.41, 5.74) is 3.13. The number of rotatable bonds is 0. The second-order valence-corrected chi connectivity index (χ2v) is 12.5. The molecule has 3 heterocycles. The molecular formula is C36H62N2. The third-order valence-electron chi connectivity index (χ3n) is 8.86. The normalized spacial score (nSPS) is 24.0. The third kappa shape index (κ3) is 15.2. The molecule has 0 atom stereocenters. The molecule has 38 heavy (non-hydrogen) atoms. The predicted octanol–water partition coefficient (Wildman–Crippen LogP) is 10.9. The summed E-state index contributed by atoms with van der Waals surface area (Å²) in [4.78, 5) is 5.13. The minimum Gasteiger partial charge on any atom is -0.373 e. The molecule has 0 amide bonds. The molecule has 4 bridgehead atoms. The second kappa shape index (κ2) is 21.4. The molecule has 3 rings (SSSR count). The van der Waals surface area contributed by atoms with Gasteiger partial charge in [-0.2, -0.15) is 0 Å². The number of hydrogen-bond acceptors (Lipinski definition) is 2. The summed E-state index contributed by atoms with van der Waals surface area (Å²) in [6, 6.07) is 0. The van der Waals surface area contributed by atoms with Crippen molar-refractivity contribution in [3.63, 3.8) is 0 Å². The molecule has 0 aromatic carbocycles. The maximum absolute atomic E-state index is 2.56. The van der Waals surface area contributed by atoms with Crippen molar-refractivity contribution in [2.45, 2.75) is 154 Å². The minimum absolute atomic E-state index is 1.12. The predicted molar refractivity (Wildman–Crippen MR) is 168 cm³/mol. The van der Waals surface area contributed by atoms with E-state index >= 15 is 0 Å². The van der Waals surface area contributed by atoms with E-state index in [0.717, 1.165) is 13.1 Å². The number of allylic oxidation sites excluding steroid dienone is 4. The van der Waals surface area contributed by atoms with Gasteiger partial charge in [-0.15, -0.1) is 0 Å². The third-order valence-corrected chi connectivity index (χ3v) is 8.86. The Labute approximate surface area is 237 Å². The van der Waals surface area contributed by atoms with Gasteiger partial charge in [-0.1, -0.05) is 140 Å². The van der Waals surface area contributed by atoms with Crippen molar-refractivity contribution in [1.29, 1.82) is 0 Å². The fourth-order valence-corrected chi connectivity index (χ4v) is 6.42. The Kier molecular flexibility index (Phi) is 17.5. The Hall–Kier alpha value is -1.44. The Bertz CT molecular complexity index is 700. The monoisotopic (exact) mass is 522 g/mol. The van der Waals surface area contributed by atoms with Gasteiger partial charge in [-0.05, 0) is 49.7 Å². The highest BCUT2D eigenvalue weighted by molar-refractivity contribution is 5.22. The SMILES string of the molecule is C1=CC2=CN(C1)CCCCCCCCCCCCCCC1=CN(CC=C1)CCCCCCCCCCCC2. The summed E-state index contributed by atoms with van der Waals surface area (Å²) >= 11 is 0. The molecule has 2 heteroatoms. The average Bonchev–Trinajstić information content (AvgIpc) is 2.94. The van der Waals surface area contributed by atoms with Gasteiger partial charge < -0.3 is 9.80 Å². The van der Waals surface area contributed by atoms with Crippen molar-refractivity contribution in [2.24, 2.45) is 0 Å². The van der Waals surface area contributed by atoms with E-state index in [0.29, 0.717) is 0 Å². The van der Waals surface area contributed by atoms with Crippen molar-refractivity contribution in [3.8, 4) is 0 Å². The van der Waals surface area contributed by atoms with E-state index in [1.54, 1.807) is 11.1 Å². The van der Waals surface area contributed by atoms with Gasteiger partial charge in [0.25, 0.3) is 0 Å². The van der Waals surface area contributed by atoms with Crippen LogP contribution >= 0.6 is 0 Å². The molecule has 216 valence electrons. The van der Waals surface area contributed by atoms with E-state index in [1.807, 2.05) is 0 Å². The molecule has 0 fully saturated rings. The molecule has 3 aliphatic heterocycles. The van der Waals surface area contributed by atoms with E-state index in [1.165, 1.54) is 167 Å². The Balaban J connectivity index is 1.31. The van der Waals surface area contributed by atoms with Crippen LogP contribution in [0.3, 0.4) is 0 Å². The lowest BCUT2D eigenvalue weighted by molar-refractivity contribution is 0.386. The highest BCUT2D eigenvalue weighted by Crippen LogP contribution is 2.20. The van der Waals surface area contributed by atoms with E-state index in [-0.39, 0.29) is 0 Å². The fourth-order valence-electron chi connectivity index (χ4n) is 6.42. The zero-order chi connectivity index (χ0) is 26.4. The summed E-state index contributed by atoms with van der Waals surface area (Å²) < 4.78 is 0. The molecule has 0 N–H and O–H groups in total. The zero-order valence-electron chi connectivity index (χ0n) is 25.2. The van der Waals surface area contributed by atoms with Crippen LogP contribution in [0.1, 0.15) is 154 Å². The highest BCUT2D eigenvalue weighted by atomic mass is 15.1. The lowest BCUT2D eigenvalue weighted by Gasteiger charge is -2.23. The van der Waals surface area contributed by atoms with Crippen LogP contribution in [-0.4, -0.2) is 36.0 Å². The summed E-state index contributed by atoms with van der Waals surface area (Å²) in [5, 5.41) is 0. The molecule has 0 aromatic rings. The van der Waals surface area contributed by atoms with Crippen LogP contribution in [0.25, 0.3) is 0 Å². The van der Waals surface area contributed by atoms with Crippen molar-refractivity contribution < 1.29 is 0 Å². The molecule has 3 aliphatic rings. The van der Waals surface area contributed by atoms with Gasteiger partial charge in [-0.25, -0.2) is 0 Å². The second-order valence-electron chi connectivity index (χ2n) is 12.5. The molecule has 0 saturated carbocycles. The Morgan fingerprint density at radius 2 is 0.632 bits per heavy atom. The van der Waals surface area contributed by atoms with Crippen molar-refractivity contribution in [2.75, 3.05) is 26.2 Å². The standard InChI is InChI=1S/C36H62N2/c1-2-5-9-13-17-21-29-37-31-24-28-36(34-37)26-20-16-12-8-4-6-10-14-18-22-30-38-32-23-27-35(33-38)25-19-15-11-7-3-1/h23-24,27-28,33-34H,1-22,25-26,29-32H2. The highest BCUT2D eigenvalue weighted by Gasteiger charge is 2.07. The van der Waals surface area contributed by atoms with Crippen molar-refractivity contribution in [3.05, 3.63) is 47.9 Å². The molecule has 0 spiro atoms. The fraction of sp³-hybridized carbons (Fsp3) is 0.778. The summed E-state index contributed by atoms with van der Waals surface area (Å²) in [6.07, 6.45) is 48.3. The van der Waals surface area contributed by atoms with E-state index in [9.17, 15) is 0 Å². The summed E-state index contributed by atoms with van der Waals surface area (Å²) in [7, 11) is 0. The van der Waals surface area contributed by atoms with Gasteiger partial charge in [0.05, 0.1) is 0 Å². The Morgan fingerprint density at radius 1 is 0.342 bits per heavy atom. The lowest BCUT2D eigenvalue weighted by atomic mass is 10.0. The van der Waals surface area contributed by atoms with Crippen LogP contribution in [0.4, 0.5) is 0 Å². The summed E-state index contributed by atoms with van der Waals surface area (Å²) in [5.74, 6) is 0. The van der Waals surface area contributed by atoms with Gasteiger partial charge in [0.1, 0.15) is 0 Å².